The molecule has 106 valence electrons. The van der Waals surface area contributed by atoms with E-state index in [9.17, 15) is 0 Å². The number of ether oxygens (including phenoxy) is 1. The lowest BCUT2D eigenvalue weighted by Gasteiger charge is -2.22. The molecule has 1 fully saturated rings. The fourth-order valence-corrected chi connectivity index (χ4v) is 2.77. The van der Waals surface area contributed by atoms with Crippen molar-refractivity contribution in [3.05, 3.63) is 11.3 Å². The van der Waals surface area contributed by atoms with E-state index in [1.165, 1.54) is 70.6 Å². The van der Waals surface area contributed by atoms with E-state index in [0.29, 0.717) is 11.3 Å². The Hall–Kier alpha value is -0.170. The van der Waals surface area contributed by atoms with Gasteiger partial charge in [0.25, 0.3) is 0 Å². The Bertz CT molecular complexity index is 219. The Morgan fingerprint density at radius 1 is 1.06 bits per heavy atom. The molecule has 0 aliphatic heterocycles. The maximum absolute atomic E-state index is 6.12. The maximum atomic E-state index is 6.12. The fourth-order valence-electron chi connectivity index (χ4n) is 2.53. The average molecular weight is 273 g/mol. The maximum Gasteiger partial charge on any atom is 0.183 e. The fraction of sp³-hybridized carbons (Fsp3) is 0.875. The Labute approximate surface area is 118 Å². The monoisotopic (exact) mass is 272 g/mol. The van der Waals surface area contributed by atoms with Crippen LogP contribution in [0.1, 0.15) is 84.0 Å². The molecule has 18 heavy (non-hydrogen) atoms. The molecule has 0 N–H and O–H groups in total. The van der Waals surface area contributed by atoms with Crippen LogP contribution in [0.3, 0.4) is 0 Å². The normalized spacial score (nSPS) is 18.0. The van der Waals surface area contributed by atoms with Crippen LogP contribution in [0.5, 0.6) is 0 Å². The highest BCUT2D eigenvalue weighted by Gasteiger charge is 2.14. The molecule has 0 amide bonds. The van der Waals surface area contributed by atoms with Gasteiger partial charge in [-0.15, -0.1) is 0 Å². The SMILES string of the molecule is CCCCCCCCC=C(Cl)OC1CCCCC1. The number of hydrogen-bond acceptors (Lipinski definition) is 1. The lowest BCUT2D eigenvalue weighted by molar-refractivity contribution is 0.0968. The summed E-state index contributed by atoms with van der Waals surface area (Å²) < 4.78 is 5.76. The molecule has 0 aromatic rings. The summed E-state index contributed by atoms with van der Waals surface area (Å²) in [5.74, 6) is 0. The third kappa shape index (κ3) is 8.02. The molecule has 1 aliphatic rings. The predicted octanol–water partition coefficient (Wildman–Crippen LogP) is 6.17. The molecule has 0 saturated heterocycles. The van der Waals surface area contributed by atoms with Gasteiger partial charge in [-0.05, 0) is 56.2 Å². The van der Waals surface area contributed by atoms with Gasteiger partial charge in [0.05, 0.1) is 6.10 Å². The minimum absolute atomic E-state index is 0.382. The van der Waals surface area contributed by atoms with E-state index in [0.717, 1.165) is 6.42 Å². The Balaban J connectivity index is 1.99. The first-order chi connectivity index (χ1) is 8.83. The summed E-state index contributed by atoms with van der Waals surface area (Å²) in [7, 11) is 0. The van der Waals surface area contributed by atoms with Gasteiger partial charge in [0.2, 0.25) is 0 Å². The van der Waals surface area contributed by atoms with Crippen molar-refractivity contribution in [2.24, 2.45) is 0 Å². The summed E-state index contributed by atoms with van der Waals surface area (Å²) in [5.41, 5.74) is 0. The van der Waals surface area contributed by atoms with Crippen LogP contribution in [0, 0.1) is 0 Å². The molecule has 1 nitrogen and oxygen atoms in total. The van der Waals surface area contributed by atoms with Crippen LogP contribution in [0.25, 0.3) is 0 Å². The largest absolute Gasteiger partial charge is 0.480 e. The number of hydrogen-bond donors (Lipinski definition) is 0. The number of halogens is 1. The standard InChI is InChI=1S/C16H29ClO/c1-2-3-4-5-6-7-11-14-16(17)18-15-12-9-8-10-13-15/h14-15H,2-13H2,1H3. The van der Waals surface area contributed by atoms with Crippen LogP contribution in [0.2, 0.25) is 0 Å². The van der Waals surface area contributed by atoms with Crippen molar-refractivity contribution in [3.63, 3.8) is 0 Å². The minimum atomic E-state index is 0.382. The van der Waals surface area contributed by atoms with Gasteiger partial charge in [-0.3, -0.25) is 0 Å². The molecule has 0 aromatic carbocycles. The molecular weight excluding hydrogens is 244 g/mol. The van der Waals surface area contributed by atoms with Gasteiger partial charge in [-0.1, -0.05) is 45.4 Å². The van der Waals surface area contributed by atoms with E-state index in [2.05, 4.69) is 13.0 Å². The van der Waals surface area contributed by atoms with Gasteiger partial charge in [0.1, 0.15) is 0 Å². The summed E-state index contributed by atoms with van der Waals surface area (Å²) >= 11 is 6.12. The molecule has 0 spiro atoms. The summed E-state index contributed by atoms with van der Waals surface area (Å²) in [6.45, 7) is 2.26. The zero-order valence-electron chi connectivity index (χ0n) is 11.9. The predicted molar refractivity (Wildman–Crippen MR) is 79.9 cm³/mol. The van der Waals surface area contributed by atoms with E-state index >= 15 is 0 Å². The second kappa shape index (κ2) is 10.7. The quantitative estimate of drug-likeness (QED) is 0.360. The molecule has 0 radical (unpaired) electrons. The third-order valence-corrected chi connectivity index (χ3v) is 3.94. The van der Waals surface area contributed by atoms with Gasteiger partial charge in [-0.2, -0.15) is 0 Å². The van der Waals surface area contributed by atoms with Crippen molar-refractivity contribution in [2.75, 3.05) is 0 Å². The molecule has 0 aromatic heterocycles. The van der Waals surface area contributed by atoms with E-state index in [-0.39, 0.29) is 0 Å². The summed E-state index contributed by atoms with van der Waals surface area (Å²) in [6, 6.07) is 0. The van der Waals surface area contributed by atoms with Crippen molar-refractivity contribution >= 4 is 11.6 Å². The molecule has 0 bridgehead atoms. The van der Waals surface area contributed by atoms with Crippen molar-refractivity contribution in [3.8, 4) is 0 Å². The van der Waals surface area contributed by atoms with Crippen LogP contribution >= 0.6 is 11.6 Å². The van der Waals surface area contributed by atoms with E-state index in [1.807, 2.05) is 0 Å². The van der Waals surface area contributed by atoms with Gasteiger partial charge in [0.15, 0.2) is 5.22 Å². The highest BCUT2D eigenvalue weighted by atomic mass is 35.5. The van der Waals surface area contributed by atoms with Crippen molar-refractivity contribution in [2.45, 2.75) is 90.1 Å². The van der Waals surface area contributed by atoms with E-state index in [4.69, 9.17) is 16.3 Å². The lowest BCUT2D eigenvalue weighted by Crippen LogP contribution is -2.14. The Kier molecular flexibility index (Phi) is 9.47. The smallest absolute Gasteiger partial charge is 0.183 e. The van der Waals surface area contributed by atoms with Crippen molar-refractivity contribution in [1.29, 1.82) is 0 Å². The van der Waals surface area contributed by atoms with E-state index < -0.39 is 0 Å². The average Bonchev–Trinajstić information content (AvgIpc) is 2.39. The topological polar surface area (TPSA) is 9.23 Å². The number of unbranched alkanes of at least 4 members (excludes halogenated alkanes) is 6. The number of allylic oxidation sites excluding steroid dienone is 1. The molecule has 1 rings (SSSR count). The molecule has 1 saturated carbocycles. The summed E-state index contributed by atoms with van der Waals surface area (Å²) in [4.78, 5) is 0. The van der Waals surface area contributed by atoms with Gasteiger partial charge >= 0.3 is 0 Å². The second-order valence-electron chi connectivity index (χ2n) is 5.44. The molecule has 1 aliphatic carbocycles. The van der Waals surface area contributed by atoms with Crippen LogP contribution in [-0.2, 0) is 4.74 Å². The highest BCUT2D eigenvalue weighted by molar-refractivity contribution is 6.28. The lowest BCUT2D eigenvalue weighted by atomic mass is 9.98. The van der Waals surface area contributed by atoms with Gasteiger partial charge in [-0.25, -0.2) is 0 Å². The van der Waals surface area contributed by atoms with Crippen LogP contribution in [0.4, 0.5) is 0 Å². The Morgan fingerprint density at radius 3 is 2.44 bits per heavy atom. The van der Waals surface area contributed by atoms with Crippen molar-refractivity contribution in [1.82, 2.24) is 0 Å². The second-order valence-corrected chi connectivity index (χ2v) is 5.82. The van der Waals surface area contributed by atoms with Crippen LogP contribution in [0.15, 0.2) is 11.3 Å². The zero-order valence-corrected chi connectivity index (χ0v) is 12.7. The molecule has 0 unspecified atom stereocenters. The number of rotatable bonds is 9. The first-order valence-corrected chi connectivity index (χ1v) is 8.23. The first-order valence-electron chi connectivity index (χ1n) is 7.85. The van der Waals surface area contributed by atoms with Gasteiger partial charge in [0, 0.05) is 0 Å². The summed E-state index contributed by atoms with van der Waals surface area (Å²) in [6.07, 6.45) is 17.8. The first kappa shape index (κ1) is 15.9. The van der Waals surface area contributed by atoms with Crippen LogP contribution < -0.4 is 0 Å². The minimum Gasteiger partial charge on any atom is -0.480 e. The third-order valence-electron chi connectivity index (χ3n) is 3.69. The molecule has 2 heteroatoms. The van der Waals surface area contributed by atoms with E-state index in [1.54, 1.807) is 0 Å². The highest BCUT2D eigenvalue weighted by Crippen LogP contribution is 2.23. The summed E-state index contributed by atoms with van der Waals surface area (Å²) in [5, 5.41) is 0.635. The molecule has 0 heterocycles. The zero-order chi connectivity index (χ0) is 13.1. The van der Waals surface area contributed by atoms with Gasteiger partial charge < -0.3 is 4.74 Å². The van der Waals surface area contributed by atoms with Crippen molar-refractivity contribution < 1.29 is 4.74 Å². The Morgan fingerprint density at radius 2 is 1.72 bits per heavy atom. The van der Waals surface area contributed by atoms with Crippen LogP contribution in [-0.4, -0.2) is 6.10 Å². The molecule has 0 atom stereocenters. The molecular formula is C16H29ClO.